The zero-order valence-electron chi connectivity index (χ0n) is 9.12. The number of ether oxygens (including phenoxy) is 1. The van der Waals surface area contributed by atoms with Crippen molar-refractivity contribution in [1.29, 1.82) is 0 Å². The van der Waals surface area contributed by atoms with Gasteiger partial charge in [-0.05, 0) is 24.6 Å². The summed E-state index contributed by atoms with van der Waals surface area (Å²) in [6.45, 7) is 1.87. The number of hydrogen-bond acceptors (Lipinski definition) is 3. The molecule has 0 spiro atoms. The predicted octanol–water partition coefficient (Wildman–Crippen LogP) is 2.70. The molecule has 1 aromatic heterocycles. The molecule has 3 nitrogen and oxygen atoms in total. The topological polar surface area (TPSA) is 42.4 Å². The molecule has 0 amide bonds. The number of aryl methyl sites for hydroxylation is 1. The van der Waals surface area contributed by atoms with Gasteiger partial charge in [0.05, 0.1) is 13.7 Å². The first-order chi connectivity index (χ1) is 7.67. The summed E-state index contributed by atoms with van der Waals surface area (Å²) in [6.07, 6.45) is 0. The van der Waals surface area contributed by atoms with Crippen molar-refractivity contribution in [3.05, 3.63) is 34.5 Å². The maximum Gasteiger partial charge on any atom is 0.145 e. The van der Waals surface area contributed by atoms with Crippen LogP contribution < -0.4 is 4.74 Å². The number of nitrogens with zero attached hydrogens (tertiary/aromatic N) is 1. The summed E-state index contributed by atoms with van der Waals surface area (Å²) < 4.78 is 5.23. The Balaban J connectivity index is 2.82. The molecule has 0 saturated heterocycles. The van der Waals surface area contributed by atoms with Gasteiger partial charge in [0, 0.05) is 10.9 Å². The first-order valence-corrected chi connectivity index (χ1v) is 5.28. The van der Waals surface area contributed by atoms with Crippen LogP contribution in [0.3, 0.4) is 0 Å². The van der Waals surface area contributed by atoms with E-state index in [-0.39, 0.29) is 6.61 Å². The third-order valence-corrected chi connectivity index (χ3v) is 2.91. The monoisotopic (exact) mass is 237 g/mol. The van der Waals surface area contributed by atoms with E-state index in [1.807, 2.05) is 25.1 Å². The molecular weight excluding hydrogens is 226 g/mol. The number of fused-ring (bicyclic) bond motifs is 1. The quantitative estimate of drug-likeness (QED) is 0.817. The lowest BCUT2D eigenvalue weighted by molar-refractivity contribution is 0.281. The zero-order chi connectivity index (χ0) is 11.7. The smallest absolute Gasteiger partial charge is 0.145 e. The molecule has 0 unspecified atom stereocenters. The number of aliphatic hydroxyl groups is 1. The lowest BCUT2D eigenvalue weighted by Gasteiger charge is -2.09. The fourth-order valence-electron chi connectivity index (χ4n) is 1.67. The first-order valence-electron chi connectivity index (χ1n) is 4.91. The van der Waals surface area contributed by atoms with Crippen molar-refractivity contribution < 1.29 is 9.84 Å². The Bertz CT molecular complexity index is 540. The molecule has 1 aromatic carbocycles. The number of halogens is 1. The minimum Gasteiger partial charge on any atom is -0.494 e. The van der Waals surface area contributed by atoms with Crippen LogP contribution in [0.15, 0.2) is 18.2 Å². The summed E-state index contributed by atoms with van der Waals surface area (Å²) in [6, 6.07) is 5.67. The Kier molecular flexibility index (Phi) is 2.99. The van der Waals surface area contributed by atoms with Crippen molar-refractivity contribution in [3.8, 4) is 5.75 Å². The van der Waals surface area contributed by atoms with Crippen molar-refractivity contribution in [3.63, 3.8) is 0 Å². The summed E-state index contributed by atoms with van der Waals surface area (Å²) in [4.78, 5) is 4.26. The van der Waals surface area contributed by atoms with Gasteiger partial charge in [0.2, 0.25) is 0 Å². The zero-order valence-corrected chi connectivity index (χ0v) is 9.88. The molecular formula is C12H12ClNO2. The number of rotatable bonds is 2. The number of aromatic nitrogens is 1. The van der Waals surface area contributed by atoms with Crippen molar-refractivity contribution in [2.75, 3.05) is 7.11 Å². The molecule has 0 bridgehead atoms. The maximum absolute atomic E-state index is 9.14. The minimum absolute atomic E-state index is 0.113. The van der Waals surface area contributed by atoms with Gasteiger partial charge in [-0.3, -0.25) is 0 Å². The van der Waals surface area contributed by atoms with E-state index in [4.69, 9.17) is 21.4 Å². The van der Waals surface area contributed by atoms with Gasteiger partial charge in [0.1, 0.15) is 16.4 Å². The van der Waals surface area contributed by atoms with Crippen LogP contribution in [0, 0.1) is 6.92 Å². The van der Waals surface area contributed by atoms with Crippen LogP contribution in [0.5, 0.6) is 5.75 Å². The number of hydrogen-bond donors (Lipinski definition) is 1. The van der Waals surface area contributed by atoms with Crippen LogP contribution in [-0.2, 0) is 6.61 Å². The highest BCUT2D eigenvalue weighted by Crippen LogP contribution is 2.29. The molecule has 0 radical (unpaired) electrons. The molecule has 1 heterocycles. The van der Waals surface area contributed by atoms with E-state index in [0.717, 1.165) is 16.5 Å². The molecule has 0 aliphatic rings. The van der Waals surface area contributed by atoms with Crippen LogP contribution in [0.2, 0.25) is 5.15 Å². The lowest BCUT2D eigenvalue weighted by atomic mass is 10.1. The molecule has 0 aliphatic carbocycles. The molecule has 0 aliphatic heterocycles. The number of benzene rings is 1. The summed E-state index contributed by atoms with van der Waals surface area (Å²) in [5, 5.41) is 10.4. The van der Waals surface area contributed by atoms with Crippen LogP contribution in [-0.4, -0.2) is 17.2 Å². The standard InChI is InChI=1S/C12H12ClNO2/c1-7-3-4-10(16-2)11-9(7)5-8(6-15)12(13)14-11/h3-5,15H,6H2,1-2H3. The van der Waals surface area contributed by atoms with Crippen LogP contribution in [0.1, 0.15) is 11.1 Å². The van der Waals surface area contributed by atoms with Crippen LogP contribution in [0.4, 0.5) is 0 Å². The second kappa shape index (κ2) is 4.28. The highest BCUT2D eigenvalue weighted by molar-refractivity contribution is 6.30. The molecule has 2 aromatic rings. The molecule has 2 rings (SSSR count). The van der Waals surface area contributed by atoms with E-state index < -0.39 is 0 Å². The van der Waals surface area contributed by atoms with Crippen molar-refractivity contribution in [1.82, 2.24) is 4.98 Å². The molecule has 1 N–H and O–H groups in total. The van der Waals surface area contributed by atoms with E-state index in [9.17, 15) is 0 Å². The van der Waals surface area contributed by atoms with Crippen molar-refractivity contribution in [2.24, 2.45) is 0 Å². The number of methoxy groups -OCH3 is 1. The first kappa shape index (κ1) is 11.2. The number of aliphatic hydroxyl groups excluding tert-OH is 1. The third-order valence-electron chi connectivity index (χ3n) is 2.58. The van der Waals surface area contributed by atoms with Gasteiger partial charge >= 0.3 is 0 Å². The highest BCUT2D eigenvalue weighted by atomic mass is 35.5. The fraction of sp³-hybridized carbons (Fsp3) is 0.250. The largest absolute Gasteiger partial charge is 0.494 e. The van der Waals surface area contributed by atoms with E-state index in [1.54, 1.807) is 7.11 Å². The molecule has 0 atom stereocenters. The van der Waals surface area contributed by atoms with Crippen LogP contribution >= 0.6 is 11.6 Å². The van der Waals surface area contributed by atoms with Gasteiger partial charge in [-0.25, -0.2) is 4.98 Å². The average Bonchev–Trinajstić information content (AvgIpc) is 2.29. The molecule has 16 heavy (non-hydrogen) atoms. The van der Waals surface area contributed by atoms with E-state index in [0.29, 0.717) is 16.5 Å². The summed E-state index contributed by atoms with van der Waals surface area (Å²) in [5.74, 6) is 0.687. The Hall–Kier alpha value is -1.32. The average molecular weight is 238 g/mol. The number of pyridine rings is 1. The van der Waals surface area contributed by atoms with Gasteiger partial charge < -0.3 is 9.84 Å². The summed E-state index contributed by atoms with van der Waals surface area (Å²) in [5.41, 5.74) is 2.44. The van der Waals surface area contributed by atoms with Crippen molar-refractivity contribution >= 4 is 22.5 Å². The van der Waals surface area contributed by atoms with Crippen LogP contribution in [0.25, 0.3) is 10.9 Å². The molecule has 0 fully saturated rings. The molecule has 84 valence electrons. The Morgan fingerprint density at radius 1 is 1.44 bits per heavy atom. The van der Waals surface area contributed by atoms with Gasteiger partial charge in [0.15, 0.2) is 0 Å². The normalized spacial score (nSPS) is 10.8. The SMILES string of the molecule is COc1ccc(C)c2cc(CO)c(Cl)nc12. The maximum atomic E-state index is 9.14. The lowest BCUT2D eigenvalue weighted by Crippen LogP contribution is -1.94. The summed E-state index contributed by atoms with van der Waals surface area (Å²) >= 11 is 5.96. The predicted molar refractivity (Wildman–Crippen MR) is 64.0 cm³/mol. The van der Waals surface area contributed by atoms with E-state index >= 15 is 0 Å². The van der Waals surface area contributed by atoms with Gasteiger partial charge in [0.25, 0.3) is 0 Å². The second-order valence-electron chi connectivity index (χ2n) is 3.58. The van der Waals surface area contributed by atoms with Crippen molar-refractivity contribution in [2.45, 2.75) is 13.5 Å². The van der Waals surface area contributed by atoms with Gasteiger partial charge in [-0.2, -0.15) is 0 Å². The fourth-order valence-corrected chi connectivity index (χ4v) is 1.86. The summed E-state index contributed by atoms with van der Waals surface area (Å²) in [7, 11) is 1.60. The minimum atomic E-state index is -0.113. The Morgan fingerprint density at radius 2 is 2.19 bits per heavy atom. The van der Waals surface area contributed by atoms with Gasteiger partial charge in [-0.15, -0.1) is 0 Å². The Morgan fingerprint density at radius 3 is 2.81 bits per heavy atom. The third kappa shape index (κ3) is 1.72. The molecule has 0 saturated carbocycles. The second-order valence-corrected chi connectivity index (χ2v) is 3.94. The van der Waals surface area contributed by atoms with Gasteiger partial charge in [-0.1, -0.05) is 17.7 Å². The highest BCUT2D eigenvalue weighted by Gasteiger charge is 2.09. The van der Waals surface area contributed by atoms with E-state index in [1.165, 1.54) is 0 Å². The Labute approximate surface area is 98.6 Å². The van der Waals surface area contributed by atoms with E-state index in [2.05, 4.69) is 4.98 Å². The molecule has 4 heteroatoms.